The van der Waals surface area contributed by atoms with E-state index in [1.807, 2.05) is 20.8 Å². The van der Waals surface area contributed by atoms with Crippen molar-refractivity contribution >= 4 is 21.6 Å². The Bertz CT molecular complexity index is 916. The Kier molecular flexibility index (Phi) is 6.05. The van der Waals surface area contributed by atoms with E-state index in [0.717, 1.165) is 19.3 Å². The van der Waals surface area contributed by atoms with Gasteiger partial charge < -0.3 is 4.90 Å². The first-order valence-electron chi connectivity index (χ1n) is 10.1. The van der Waals surface area contributed by atoms with E-state index in [9.17, 15) is 18.0 Å². The summed E-state index contributed by atoms with van der Waals surface area (Å²) in [5, 5.41) is 0. The molecule has 1 atom stereocenters. The van der Waals surface area contributed by atoms with Crippen LogP contribution in [0.2, 0.25) is 0 Å². The van der Waals surface area contributed by atoms with Gasteiger partial charge in [-0.15, -0.1) is 0 Å². The molecule has 1 fully saturated rings. The number of Topliss-reactive ketones (excluding diaryl/α,β-unsaturated/α-hetero) is 2. The highest BCUT2D eigenvalue weighted by molar-refractivity contribution is 7.94. The highest BCUT2D eigenvalue weighted by Gasteiger charge is 2.45. The van der Waals surface area contributed by atoms with Crippen LogP contribution in [-0.2, 0) is 10.0 Å². The zero-order chi connectivity index (χ0) is 20.5. The van der Waals surface area contributed by atoms with Crippen LogP contribution >= 0.6 is 0 Å². The topological polar surface area (TPSA) is 74.8 Å². The molecule has 0 spiro atoms. The molecule has 1 aromatic carbocycles. The third-order valence-electron chi connectivity index (χ3n) is 5.74. The lowest BCUT2D eigenvalue weighted by molar-refractivity contribution is 0.0948. The summed E-state index contributed by atoms with van der Waals surface area (Å²) in [6.07, 6.45) is 3.21. The zero-order valence-electron chi connectivity index (χ0n) is 16.8. The third-order valence-corrected chi connectivity index (χ3v) is 7.74. The summed E-state index contributed by atoms with van der Waals surface area (Å²) in [6.45, 7) is 6.95. The first kappa shape index (κ1) is 20.7. The Hall–Kier alpha value is -1.99. The Labute approximate surface area is 167 Å². The molecular weight excluding hydrogens is 376 g/mol. The summed E-state index contributed by atoms with van der Waals surface area (Å²) in [5.41, 5.74) is 0.472. The van der Waals surface area contributed by atoms with Crippen LogP contribution < -0.4 is 0 Å². The van der Waals surface area contributed by atoms with E-state index in [2.05, 4.69) is 0 Å². The van der Waals surface area contributed by atoms with Gasteiger partial charge in [0.05, 0.1) is 0 Å². The monoisotopic (exact) mass is 404 g/mol. The highest BCUT2D eigenvalue weighted by Crippen LogP contribution is 2.35. The predicted molar refractivity (Wildman–Crippen MR) is 109 cm³/mol. The maximum atomic E-state index is 13.7. The van der Waals surface area contributed by atoms with Gasteiger partial charge in [0.1, 0.15) is 5.70 Å². The number of nitrogens with zero attached hydrogens (tertiary/aromatic N) is 2. The molecule has 0 amide bonds. The van der Waals surface area contributed by atoms with Gasteiger partial charge in [0.2, 0.25) is 21.6 Å². The van der Waals surface area contributed by atoms with Gasteiger partial charge in [0.15, 0.2) is 4.91 Å². The van der Waals surface area contributed by atoms with E-state index in [4.69, 9.17) is 0 Å². The fraction of sp³-hybridized carbons (Fsp3) is 0.524. The summed E-state index contributed by atoms with van der Waals surface area (Å²) in [4.78, 5) is 28.0. The van der Waals surface area contributed by atoms with Crippen molar-refractivity contribution in [3.05, 3.63) is 46.0 Å². The van der Waals surface area contributed by atoms with Crippen LogP contribution in [0.1, 0.15) is 67.2 Å². The number of hydrogen-bond acceptors (Lipinski definition) is 5. The standard InChI is InChI=1S/C21H28N2O4S/c1-4-15-11-9-10-14-23(15)28(26,27)21-18(22(5-2)6-3)19(24)16-12-7-8-13-17(16)20(21)25/h7-8,12-13,15H,4-6,9-11,14H2,1-3H3. The molecule has 1 saturated heterocycles. The molecule has 2 aliphatic rings. The lowest BCUT2D eigenvalue weighted by atomic mass is 9.92. The lowest BCUT2D eigenvalue weighted by Gasteiger charge is -2.37. The van der Waals surface area contributed by atoms with Gasteiger partial charge in [-0.2, -0.15) is 4.31 Å². The van der Waals surface area contributed by atoms with Crippen molar-refractivity contribution in [2.45, 2.75) is 52.5 Å². The Morgan fingerprint density at radius 3 is 2.18 bits per heavy atom. The van der Waals surface area contributed by atoms with Crippen molar-refractivity contribution in [1.29, 1.82) is 0 Å². The summed E-state index contributed by atoms with van der Waals surface area (Å²) >= 11 is 0. The molecule has 0 N–H and O–H groups in total. The van der Waals surface area contributed by atoms with Crippen molar-refractivity contribution in [1.82, 2.24) is 9.21 Å². The van der Waals surface area contributed by atoms with E-state index in [1.54, 1.807) is 23.1 Å². The van der Waals surface area contributed by atoms with Crippen LogP contribution in [0.4, 0.5) is 0 Å². The second-order valence-electron chi connectivity index (χ2n) is 7.23. The maximum absolute atomic E-state index is 13.7. The molecule has 1 aromatic rings. The number of hydrogen-bond donors (Lipinski definition) is 0. The van der Waals surface area contributed by atoms with Crippen LogP contribution in [0.25, 0.3) is 0 Å². The molecule has 1 heterocycles. The molecule has 152 valence electrons. The average molecular weight is 405 g/mol. The minimum absolute atomic E-state index is 0.0223. The summed E-state index contributed by atoms with van der Waals surface area (Å²) < 4.78 is 28.8. The molecule has 0 aromatic heterocycles. The minimum atomic E-state index is -4.08. The van der Waals surface area contributed by atoms with Crippen molar-refractivity contribution in [3.8, 4) is 0 Å². The molecule has 6 nitrogen and oxygen atoms in total. The lowest BCUT2D eigenvalue weighted by Crippen LogP contribution is -2.47. The highest BCUT2D eigenvalue weighted by atomic mass is 32.2. The number of likely N-dealkylation sites (N-methyl/N-ethyl adjacent to an activating group) is 1. The Morgan fingerprint density at radius 2 is 1.61 bits per heavy atom. The number of sulfonamides is 1. The molecule has 1 aliphatic carbocycles. The second kappa shape index (κ2) is 8.17. The Morgan fingerprint density at radius 1 is 1.00 bits per heavy atom. The number of carbonyl (C=O) groups is 2. The molecule has 3 rings (SSSR count). The maximum Gasteiger partial charge on any atom is 0.249 e. The Balaban J connectivity index is 2.24. The molecule has 0 bridgehead atoms. The van der Waals surface area contributed by atoms with Gasteiger partial charge in [-0.25, -0.2) is 8.42 Å². The number of piperidine rings is 1. The number of allylic oxidation sites excluding steroid dienone is 2. The zero-order valence-corrected chi connectivity index (χ0v) is 17.6. The van der Waals surface area contributed by atoms with E-state index >= 15 is 0 Å². The summed E-state index contributed by atoms with van der Waals surface area (Å²) in [6, 6.07) is 6.35. The first-order valence-corrected chi connectivity index (χ1v) is 11.5. The van der Waals surface area contributed by atoms with E-state index < -0.39 is 15.8 Å². The molecule has 0 radical (unpaired) electrons. The van der Waals surface area contributed by atoms with Gasteiger partial charge in [0.25, 0.3) is 0 Å². The van der Waals surface area contributed by atoms with Crippen LogP contribution in [0.5, 0.6) is 0 Å². The molecule has 7 heteroatoms. The van der Waals surface area contributed by atoms with Gasteiger partial charge in [-0.3, -0.25) is 9.59 Å². The van der Waals surface area contributed by atoms with Crippen LogP contribution in [-0.4, -0.2) is 54.9 Å². The SMILES string of the molecule is CCC1CCCCN1S(=O)(=O)C1=C(N(CC)CC)C(=O)c2ccccc2C1=O. The van der Waals surface area contributed by atoms with Crippen molar-refractivity contribution in [2.24, 2.45) is 0 Å². The van der Waals surface area contributed by atoms with Gasteiger partial charge in [0, 0.05) is 36.8 Å². The van der Waals surface area contributed by atoms with E-state index in [1.165, 1.54) is 10.4 Å². The summed E-state index contributed by atoms with van der Waals surface area (Å²) in [7, 11) is -4.08. The number of benzene rings is 1. The van der Waals surface area contributed by atoms with Crippen molar-refractivity contribution in [2.75, 3.05) is 19.6 Å². The fourth-order valence-electron chi connectivity index (χ4n) is 4.22. The second-order valence-corrected chi connectivity index (χ2v) is 9.05. The third kappa shape index (κ3) is 3.31. The molecule has 28 heavy (non-hydrogen) atoms. The largest absolute Gasteiger partial charge is 0.368 e. The molecule has 1 unspecified atom stereocenters. The molecular formula is C21H28N2O4S. The average Bonchev–Trinajstić information content (AvgIpc) is 2.72. The number of carbonyl (C=O) groups excluding carboxylic acids is 2. The normalized spacial score (nSPS) is 21.0. The van der Waals surface area contributed by atoms with E-state index in [-0.39, 0.29) is 33.6 Å². The predicted octanol–water partition coefficient (Wildman–Crippen LogP) is 3.21. The first-order chi connectivity index (χ1) is 13.4. The number of fused-ring (bicyclic) bond motifs is 1. The van der Waals surface area contributed by atoms with Gasteiger partial charge in [-0.05, 0) is 33.1 Å². The summed E-state index contributed by atoms with van der Waals surface area (Å²) in [5.74, 6) is -0.958. The van der Waals surface area contributed by atoms with Crippen molar-refractivity contribution in [3.63, 3.8) is 0 Å². The van der Waals surface area contributed by atoms with Crippen LogP contribution in [0.15, 0.2) is 34.9 Å². The molecule has 0 saturated carbocycles. The van der Waals surface area contributed by atoms with Crippen LogP contribution in [0.3, 0.4) is 0 Å². The number of ketones is 2. The quantitative estimate of drug-likeness (QED) is 0.728. The number of rotatable bonds is 6. The van der Waals surface area contributed by atoms with Crippen molar-refractivity contribution < 1.29 is 18.0 Å². The van der Waals surface area contributed by atoms with Crippen LogP contribution in [0, 0.1) is 0 Å². The van der Waals surface area contributed by atoms with E-state index in [0.29, 0.717) is 26.1 Å². The minimum Gasteiger partial charge on any atom is -0.368 e. The van der Waals surface area contributed by atoms with Gasteiger partial charge >= 0.3 is 0 Å². The molecule has 1 aliphatic heterocycles. The fourth-order valence-corrected chi connectivity index (χ4v) is 6.28. The smallest absolute Gasteiger partial charge is 0.249 e. The van der Waals surface area contributed by atoms with Gasteiger partial charge in [-0.1, -0.05) is 37.6 Å².